The highest BCUT2D eigenvalue weighted by Gasteiger charge is 2.43. The normalized spacial score (nSPS) is 19.5. The van der Waals surface area contributed by atoms with Gasteiger partial charge in [-0.3, -0.25) is 19.3 Å². The van der Waals surface area contributed by atoms with Crippen LogP contribution in [0.15, 0.2) is 29.0 Å². The first-order valence-electron chi connectivity index (χ1n) is 13.1. The van der Waals surface area contributed by atoms with Crippen molar-refractivity contribution in [1.29, 1.82) is 0 Å². The monoisotopic (exact) mass is 618 g/mol. The number of nitrogens with one attached hydrogen (secondary N) is 1. The molecule has 2 saturated heterocycles. The van der Waals surface area contributed by atoms with E-state index >= 15 is 0 Å². The van der Waals surface area contributed by atoms with Crippen LogP contribution in [0.2, 0.25) is 0 Å². The fourth-order valence-electron chi connectivity index (χ4n) is 4.85. The lowest BCUT2D eigenvalue weighted by molar-refractivity contribution is -0.137. The van der Waals surface area contributed by atoms with E-state index < -0.39 is 23.8 Å². The lowest BCUT2D eigenvalue weighted by Crippen LogP contribution is -2.55. The number of piperazine rings is 1. The fraction of sp³-hybridized carbons (Fsp3) is 0.519. The van der Waals surface area contributed by atoms with E-state index in [0.29, 0.717) is 47.6 Å². The Morgan fingerprint density at radius 1 is 1.10 bits per heavy atom. The topological polar surface area (TPSA) is 137 Å². The molecule has 2 aliphatic heterocycles. The molecule has 216 valence electrons. The summed E-state index contributed by atoms with van der Waals surface area (Å²) in [4.78, 5) is 60.5. The summed E-state index contributed by atoms with van der Waals surface area (Å²) in [7, 11) is 1.72. The molecule has 1 aromatic carbocycles. The quantitative estimate of drug-likeness (QED) is 0.537. The molecule has 2 atom stereocenters. The van der Waals surface area contributed by atoms with Crippen LogP contribution in [0.3, 0.4) is 0 Å². The van der Waals surface area contributed by atoms with Gasteiger partial charge in [0, 0.05) is 50.9 Å². The van der Waals surface area contributed by atoms with Crippen molar-refractivity contribution in [3.05, 3.63) is 46.0 Å². The molecule has 1 aromatic heterocycles. The van der Waals surface area contributed by atoms with Crippen LogP contribution in [0.4, 0.5) is 10.5 Å². The number of carbonyl (C=O) groups is 4. The van der Waals surface area contributed by atoms with Crippen molar-refractivity contribution in [2.45, 2.75) is 51.9 Å². The van der Waals surface area contributed by atoms with Gasteiger partial charge < -0.3 is 29.5 Å². The molecule has 0 aliphatic carbocycles. The number of anilines is 1. The number of halogens is 1. The molecule has 40 heavy (non-hydrogen) atoms. The minimum Gasteiger partial charge on any atom is -0.444 e. The van der Waals surface area contributed by atoms with E-state index in [2.05, 4.69) is 26.2 Å². The molecule has 13 heteroatoms. The van der Waals surface area contributed by atoms with Gasteiger partial charge in [-0.2, -0.15) is 0 Å². The molecule has 12 nitrogen and oxygen atoms in total. The number of β-amino-alcohol motifs (C(OH)–C–C–N with tert-alkyl or cyclic N) is 1. The number of carbonyl (C=O) groups excluding carboxylic acids is 4. The van der Waals surface area contributed by atoms with Crippen molar-refractivity contribution in [3.63, 3.8) is 0 Å². The molecule has 0 radical (unpaired) electrons. The van der Waals surface area contributed by atoms with E-state index in [1.807, 2.05) is 0 Å². The SMILES string of the molecule is Cc1cc(NC(=O)c2ncc(Br)n2C)ccc1C(=O)N1CCN(C(=O)[C@@H]2C[C@@H](O)CN2C(=O)OC(C)(C)C)CC1. The number of aliphatic hydroxyl groups excluding tert-OH is 1. The highest BCUT2D eigenvalue weighted by Crippen LogP contribution is 2.24. The number of benzene rings is 1. The van der Waals surface area contributed by atoms with Gasteiger partial charge in [0.25, 0.3) is 11.8 Å². The summed E-state index contributed by atoms with van der Waals surface area (Å²) in [5.74, 6) is -0.543. The standard InChI is InChI=1S/C27H35BrN6O6/c1-16-12-17(30-23(36)22-29-14-21(28)31(22)5)6-7-19(16)24(37)32-8-10-33(11-9-32)25(38)20-13-18(35)15-34(20)26(39)40-27(2,3)4/h6-7,12,14,18,20,35H,8-11,13,15H2,1-5H3,(H,30,36)/t18-,20+/m1/s1. The summed E-state index contributed by atoms with van der Waals surface area (Å²) in [5.41, 5.74) is 1.03. The van der Waals surface area contributed by atoms with Crippen LogP contribution < -0.4 is 5.32 Å². The Hall–Kier alpha value is -3.45. The third-order valence-corrected chi connectivity index (χ3v) is 7.66. The number of hydrogen-bond acceptors (Lipinski definition) is 7. The molecule has 2 aromatic rings. The number of hydrogen-bond donors (Lipinski definition) is 2. The molecule has 3 heterocycles. The molecular weight excluding hydrogens is 584 g/mol. The smallest absolute Gasteiger partial charge is 0.411 e. The van der Waals surface area contributed by atoms with Crippen molar-refractivity contribution in [2.75, 3.05) is 38.0 Å². The second-order valence-corrected chi connectivity index (χ2v) is 11.9. The van der Waals surface area contributed by atoms with E-state index in [9.17, 15) is 24.3 Å². The highest BCUT2D eigenvalue weighted by molar-refractivity contribution is 9.10. The number of likely N-dealkylation sites (tertiary alicyclic amines) is 1. The predicted molar refractivity (Wildman–Crippen MR) is 150 cm³/mol. The Bertz CT molecular complexity index is 1310. The van der Waals surface area contributed by atoms with Crippen LogP contribution in [0.5, 0.6) is 0 Å². The average Bonchev–Trinajstić information content (AvgIpc) is 3.44. The largest absolute Gasteiger partial charge is 0.444 e. The zero-order valence-electron chi connectivity index (χ0n) is 23.3. The van der Waals surface area contributed by atoms with Gasteiger partial charge in [-0.1, -0.05) is 0 Å². The van der Waals surface area contributed by atoms with Crippen LogP contribution in [-0.4, -0.2) is 104 Å². The van der Waals surface area contributed by atoms with Gasteiger partial charge in [-0.25, -0.2) is 9.78 Å². The third kappa shape index (κ3) is 6.47. The summed E-state index contributed by atoms with van der Waals surface area (Å²) in [5, 5.41) is 13.0. The highest BCUT2D eigenvalue weighted by atomic mass is 79.9. The van der Waals surface area contributed by atoms with E-state index in [0.717, 1.165) is 0 Å². The molecule has 0 unspecified atom stereocenters. The van der Waals surface area contributed by atoms with Gasteiger partial charge in [0.15, 0.2) is 5.82 Å². The molecule has 4 rings (SSSR count). The maximum Gasteiger partial charge on any atom is 0.411 e. The second-order valence-electron chi connectivity index (χ2n) is 11.1. The van der Waals surface area contributed by atoms with Crippen LogP contribution in [0.1, 0.15) is 53.7 Å². The molecule has 0 saturated carbocycles. The van der Waals surface area contributed by atoms with Crippen LogP contribution in [-0.2, 0) is 16.6 Å². The molecule has 2 fully saturated rings. The average molecular weight is 620 g/mol. The van der Waals surface area contributed by atoms with Crippen molar-refractivity contribution >= 4 is 45.4 Å². The first kappa shape index (κ1) is 29.5. The fourth-order valence-corrected chi connectivity index (χ4v) is 5.12. The first-order valence-corrected chi connectivity index (χ1v) is 13.9. The van der Waals surface area contributed by atoms with Crippen LogP contribution in [0.25, 0.3) is 0 Å². The van der Waals surface area contributed by atoms with Crippen LogP contribution >= 0.6 is 15.9 Å². The van der Waals surface area contributed by atoms with Gasteiger partial charge in [0.05, 0.1) is 18.8 Å². The summed E-state index contributed by atoms with van der Waals surface area (Å²) in [6.07, 6.45) is 0.268. The Morgan fingerprint density at radius 2 is 1.75 bits per heavy atom. The predicted octanol–water partition coefficient (Wildman–Crippen LogP) is 2.40. The zero-order chi connectivity index (χ0) is 29.4. The van der Waals surface area contributed by atoms with E-state index in [1.54, 1.807) is 73.5 Å². The molecule has 0 bridgehead atoms. The maximum absolute atomic E-state index is 13.3. The van der Waals surface area contributed by atoms with Gasteiger partial charge in [-0.15, -0.1) is 0 Å². The van der Waals surface area contributed by atoms with Gasteiger partial charge in [0.1, 0.15) is 16.2 Å². The van der Waals surface area contributed by atoms with Crippen LogP contribution in [0, 0.1) is 6.92 Å². The number of aryl methyl sites for hydroxylation is 1. The Labute approximate surface area is 241 Å². The number of nitrogens with zero attached hydrogens (tertiary/aromatic N) is 5. The Kier molecular flexibility index (Phi) is 8.55. The number of rotatable bonds is 4. The minimum atomic E-state index is -0.802. The van der Waals surface area contributed by atoms with Crippen molar-refractivity contribution in [2.24, 2.45) is 7.05 Å². The molecular formula is C27H35BrN6O6. The molecule has 2 N–H and O–H groups in total. The van der Waals surface area contributed by atoms with Crippen molar-refractivity contribution in [1.82, 2.24) is 24.3 Å². The van der Waals surface area contributed by atoms with Crippen molar-refractivity contribution < 1.29 is 29.0 Å². The summed E-state index contributed by atoms with van der Waals surface area (Å²) in [6, 6.07) is 4.29. The van der Waals surface area contributed by atoms with E-state index in [4.69, 9.17) is 4.74 Å². The van der Waals surface area contributed by atoms with E-state index in [-0.39, 0.29) is 36.5 Å². The van der Waals surface area contributed by atoms with Crippen molar-refractivity contribution in [3.8, 4) is 0 Å². The molecule has 0 spiro atoms. The maximum atomic E-state index is 13.3. The minimum absolute atomic E-state index is 0.0404. The third-order valence-electron chi connectivity index (χ3n) is 6.92. The molecule has 4 amide bonds. The first-order chi connectivity index (χ1) is 18.7. The summed E-state index contributed by atoms with van der Waals surface area (Å²) in [6.45, 7) is 8.37. The van der Waals surface area contributed by atoms with Gasteiger partial charge >= 0.3 is 6.09 Å². The Balaban J connectivity index is 1.35. The second kappa shape index (κ2) is 11.6. The summed E-state index contributed by atoms with van der Waals surface area (Å²) < 4.78 is 7.73. The number of amides is 4. The lowest BCUT2D eigenvalue weighted by atomic mass is 10.1. The summed E-state index contributed by atoms with van der Waals surface area (Å²) >= 11 is 3.32. The van der Waals surface area contributed by atoms with E-state index in [1.165, 1.54) is 4.90 Å². The number of ether oxygens (including phenoxy) is 1. The van der Waals surface area contributed by atoms with Gasteiger partial charge in [0.2, 0.25) is 5.91 Å². The lowest BCUT2D eigenvalue weighted by Gasteiger charge is -2.37. The van der Waals surface area contributed by atoms with Gasteiger partial charge in [-0.05, 0) is 67.4 Å². The number of imidazole rings is 1. The molecule has 2 aliphatic rings. The Morgan fingerprint density at radius 3 is 2.33 bits per heavy atom. The zero-order valence-corrected chi connectivity index (χ0v) is 24.9. The number of aromatic nitrogens is 2. The number of aliphatic hydroxyl groups is 1.